The van der Waals surface area contributed by atoms with Gasteiger partial charge < -0.3 is 15.7 Å². The highest BCUT2D eigenvalue weighted by atomic mass is 16.3. The van der Waals surface area contributed by atoms with Crippen molar-refractivity contribution in [3.8, 4) is 0 Å². The van der Waals surface area contributed by atoms with Crippen LogP contribution in [0.1, 0.15) is 37.8 Å². The van der Waals surface area contributed by atoms with Crippen molar-refractivity contribution in [1.29, 1.82) is 0 Å². The Hall–Kier alpha value is -1.55. The summed E-state index contributed by atoms with van der Waals surface area (Å²) in [5, 5.41) is 15.1. The van der Waals surface area contributed by atoms with Crippen LogP contribution in [0.3, 0.4) is 0 Å². The first kappa shape index (κ1) is 13.9. The highest BCUT2D eigenvalue weighted by Crippen LogP contribution is 2.33. The predicted molar refractivity (Wildman–Crippen MR) is 74.7 cm³/mol. The standard InChI is InChI=1S/C15H22N2O2/c1-11(9-12-7-8-12)16-15(19)17-14(10-18)13-5-3-2-4-6-13/h2-6,11-12,14,18H,7-10H2,1H3,(H2,16,17,19). The molecule has 1 aromatic carbocycles. The molecule has 4 heteroatoms. The summed E-state index contributed by atoms with van der Waals surface area (Å²) in [5.41, 5.74) is 0.912. The first-order valence-corrected chi connectivity index (χ1v) is 6.92. The summed E-state index contributed by atoms with van der Waals surface area (Å²) in [5.74, 6) is 0.790. The maximum Gasteiger partial charge on any atom is 0.315 e. The van der Waals surface area contributed by atoms with Gasteiger partial charge in [-0.1, -0.05) is 43.2 Å². The fraction of sp³-hybridized carbons (Fsp3) is 0.533. The van der Waals surface area contributed by atoms with Crippen LogP contribution in [0.2, 0.25) is 0 Å². The Morgan fingerprint density at radius 2 is 2.00 bits per heavy atom. The van der Waals surface area contributed by atoms with E-state index in [-0.39, 0.29) is 24.7 Å². The molecule has 1 saturated carbocycles. The molecule has 104 valence electrons. The van der Waals surface area contributed by atoms with E-state index in [0.717, 1.165) is 17.9 Å². The molecular formula is C15H22N2O2. The SMILES string of the molecule is CC(CC1CC1)NC(=O)NC(CO)c1ccccc1. The van der Waals surface area contributed by atoms with Crippen molar-refractivity contribution in [2.24, 2.45) is 5.92 Å². The van der Waals surface area contributed by atoms with Crippen LogP contribution >= 0.6 is 0 Å². The summed E-state index contributed by atoms with van der Waals surface area (Å²) in [7, 11) is 0. The largest absolute Gasteiger partial charge is 0.394 e. The number of carbonyl (C=O) groups excluding carboxylic acids is 1. The van der Waals surface area contributed by atoms with Crippen molar-refractivity contribution in [1.82, 2.24) is 10.6 Å². The third-order valence-electron chi connectivity index (χ3n) is 3.45. The van der Waals surface area contributed by atoms with Crippen molar-refractivity contribution in [3.63, 3.8) is 0 Å². The molecule has 1 aliphatic rings. The van der Waals surface area contributed by atoms with Gasteiger partial charge in [0.05, 0.1) is 12.6 Å². The molecule has 3 N–H and O–H groups in total. The minimum Gasteiger partial charge on any atom is -0.394 e. The monoisotopic (exact) mass is 262 g/mol. The number of nitrogens with one attached hydrogen (secondary N) is 2. The molecule has 0 radical (unpaired) electrons. The molecular weight excluding hydrogens is 240 g/mol. The Bertz CT molecular complexity index is 404. The number of aliphatic hydroxyl groups is 1. The van der Waals surface area contributed by atoms with Crippen LogP contribution in [0, 0.1) is 5.92 Å². The van der Waals surface area contributed by atoms with Crippen LogP contribution in [0.5, 0.6) is 0 Å². The number of benzene rings is 1. The average Bonchev–Trinajstić information content (AvgIpc) is 3.20. The topological polar surface area (TPSA) is 61.4 Å². The summed E-state index contributed by atoms with van der Waals surface area (Å²) in [6, 6.07) is 9.12. The second-order valence-corrected chi connectivity index (χ2v) is 5.34. The van der Waals surface area contributed by atoms with Gasteiger partial charge in [-0.3, -0.25) is 0 Å². The summed E-state index contributed by atoms with van der Waals surface area (Å²) in [6.45, 7) is 1.92. The Labute approximate surface area is 114 Å². The molecule has 0 heterocycles. The predicted octanol–water partition coefficient (Wildman–Crippen LogP) is 2.21. The van der Waals surface area contributed by atoms with Crippen molar-refractivity contribution in [3.05, 3.63) is 35.9 Å². The molecule has 0 bridgehead atoms. The van der Waals surface area contributed by atoms with Gasteiger partial charge in [-0.05, 0) is 24.8 Å². The molecule has 2 unspecified atom stereocenters. The molecule has 1 aromatic rings. The van der Waals surface area contributed by atoms with Crippen LogP contribution < -0.4 is 10.6 Å². The minimum atomic E-state index is -0.352. The second-order valence-electron chi connectivity index (χ2n) is 5.34. The van der Waals surface area contributed by atoms with E-state index in [4.69, 9.17) is 0 Å². The Morgan fingerprint density at radius 3 is 2.58 bits per heavy atom. The van der Waals surface area contributed by atoms with Crippen LogP contribution in [0.15, 0.2) is 30.3 Å². The van der Waals surface area contributed by atoms with E-state index in [1.54, 1.807) is 0 Å². The molecule has 1 fully saturated rings. The highest BCUT2D eigenvalue weighted by Gasteiger charge is 2.24. The smallest absolute Gasteiger partial charge is 0.315 e. The van der Waals surface area contributed by atoms with Crippen molar-refractivity contribution >= 4 is 6.03 Å². The lowest BCUT2D eigenvalue weighted by molar-refractivity contribution is 0.214. The molecule has 19 heavy (non-hydrogen) atoms. The zero-order chi connectivity index (χ0) is 13.7. The normalized spacial score (nSPS) is 17.6. The summed E-state index contributed by atoms with van der Waals surface area (Å²) < 4.78 is 0. The second kappa shape index (κ2) is 6.57. The zero-order valence-electron chi connectivity index (χ0n) is 11.3. The zero-order valence-corrected chi connectivity index (χ0v) is 11.3. The number of aliphatic hydroxyl groups excluding tert-OH is 1. The van der Waals surface area contributed by atoms with E-state index in [1.807, 2.05) is 37.3 Å². The van der Waals surface area contributed by atoms with E-state index in [9.17, 15) is 9.90 Å². The maximum atomic E-state index is 11.9. The third-order valence-corrected chi connectivity index (χ3v) is 3.45. The lowest BCUT2D eigenvalue weighted by Crippen LogP contribution is -2.43. The van der Waals surface area contributed by atoms with Gasteiger partial charge in [0.25, 0.3) is 0 Å². The molecule has 2 amide bonds. The number of carbonyl (C=O) groups is 1. The molecule has 0 aliphatic heterocycles. The van der Waals surface area contributed by atoms with E-state index < -0.39 is 0 Å². The van der Waals surface area contributed by atoms with Crippen molar-refractivity contribution in [2.75, 3.05) is 6.61 Å². The number of hydrogen-bond donors (Lipinski definition) is 3. The highest BCUT2D eigenvalue weighted by molar-refractivity contribution is 5.74. The molecule has 0 aromatic heterocycles. The van der Waals surface area contributed by atoms with E-state index in [2.05, 4.69) is 10.6 Å². The molecule has 1 aliphatic carbocycles. The lowest BCUT2D eigenvalue weighted by atomic mass is 10.1. The van der Waals surface area contributed by atoms with E-state index in [0.29, 0.717) is 0 Å². The molecule has 2 atom stereocenters. The molecule has 0 spiro atoms. The van der Waals surface area contributed by atoms with Gasteiger partial charge in [0, 0.05) is 6.04 Å². The van der Waals surface area contributed by atoms with Gasteiger partial charge in [0.15, 0.2) is 0 Å². The Balaban J connectivity index is 1.82. The Kier molecular flexibility index (Phi) is 4.80. The summed E-state index contributed by atoms with van der Waals surface area (Å²) >= 11 is 0. The van der Waals surface area contributed by atoms with Gasteiger partial charge in [0.1, 0.15) is 0 Å². The average molecular weight is 262 g/mol. The van der Waals surface area contributed by atoms with Gasteiger partial charge in [0.2, 0.25) is 0 Å². The van der Waals surface area contributed by atoms with Gasteiger partial charge >= 0.3 is 6.03 Å². The number of amides is 2. The Morgan fingerprint density at radius 1 is 1.32 bits per heavy atom. The summed E-state index contributed by atoms with van der Waals surface area (Å²) in [4.78, 5) is 11.9. The minimum absolute atomic E-state index is 0.103. The van der Waals surface area contributed by atoms with Crippen molar-refractivity contribution in [2.45, 2.75) is 38.3 Å². The molecule has 0 saturated heterocycles. The summed E-state index contributed by atoms with van der Waals surface area (Å²) in [6.07, 6.45) is 3.62. The number of urea groups is 1. The van der Waals surface area contributed by atoms with Gasteiger partial charge in [-0.2, -0.15) is 0 Å². The quantitative estimate of drug-likeness (QED) is 0.736. The van der Waals surface area contributed by atoms with E-state index in [1.165, 1.54) is 12.8 Å². The first-order chi connectivity index (χ1) is 9.19. The third kappa shape index (κ3) is 4.56. The van der Waals surface area contributed by atoms with Crippen molar-refractivity contribution < 1.29 is 9.90 Å². The van der Waals surface area contributed by atoms with Gasteiger partial charge in [-0.15, -0.1) is 0 Å². The molecule has 4 nitrogen and oxygen atoms in total. The maximum absolute atomic E-state index is 11.9. The number of rotatable bonds is 6. The van der Waals surface area contributed by atoms with Gasteiger partial charge in [-0.25, -0.2) is 4.79 Å². The first-order valence-electron chi connectivity index (χ1n) is 6.92. The van der Waals surface area contributed by atoms with Crippen LogP contribution in [-0.4, -0.2) is 23.8 Å². The lowest BCUT2D eigenvalue weighted by Gasteiger charge is -2.19. The fourth-order valence-electron chi connectivity index (χ4n) is 2.26. The van der Waals surface area contributed by atoms with Crippen LogP contribution in [-0.2, 0) is 0 Å². The number of hydrogen-bond acceptors (Lipinski definition) is 2. The van der Waals surface area contributed by atoms with Crippen LogP contribution in [0.4, 0.5) is 4.79 Å². The molecule has 2 rings (SSSR count). The fourth-order valence-corrected chi connectivity index (χ4v) is 2.26. The van der Waals surface area contributed by atoms with Crippen LogP contribution in [0.25, 0.3) is 0 Å². The van der Waals surface area contributed by atoms with E-state index >= 15 is 0 Å².